The summed E-state index contributed by atoms with van der Waals surface area (Å²) in [4.78, 5) is 0. The van der Waals surface area contributed by atoms with Crippen LogP contribution in [-0.4, -0.2) is 6.54 Å². The van der Waals surface area contributed by atoms with E-state index >= 15 is 0 Å². The van der Waals surface area contributed by atoms with Gasteiger partial charge in [0.15, 0.2) is 0 Å². The van der Waals surface area contributed by atoms with Gasteiger partial charge in [0.05, 0.1) is 0 Å². The summed E-state index contributed by atoms with van der Waals surface area (Å²) in [5.74, 6) is 3.76. The Hall–Kier alpha value is -0.0400. The first-order chi connectivity index (χ1) is 6.07. The molecule has 0 heterocycles. The van der Waals surface area contributed by atoms with Gasteiger partial charge in [-0.1, -0.05) is 20.8 Å². The smallest absolute Gasteiger partial charge is 0.00408 e. The van der Waals surface area contributed by atoms with Gasteiger partial charge in [0, 0.05) is 0 Å². The normalized spacial score (nSPS) is 38.8. The molecule has 2 saturated carbocycles. The predicted octanol–water partition coefficient (Wildman–Crippen LogP) is 2.65. The second kappa shape index (κ2) is 2.98. The van der Waals surface area contributed by atoms with Gasteiger partial charge in [0.25, 0.3) is 0 Å². The van der Waals surface area contributed by atoms with E-state index in [0.29, 0.717) is 5.41 Å². The van der Waals surface area contributed by atoms with Crippen molar-refractivity contribution >= 4 is 0 Å². The molecule has 2 fully saturated rings. The van der Waals surface area contributed by atoms with E-state index in [1.165, 1.54) is 19.3 Å². The van der Waals surface area contributed by atoms with Crippen molar-refractivity contribution in [2.45, 2.75) is 40.0 Å². The third kappa shape index (κ3) is 1.63. The zero-order valence-electron chi connectivity index (χ0n) is 9.22. The number of hydrogen-bond acceptors (Lipinski definition) is 1. The highest BCUT2D eigenvalue weighted by atomic mass is 14.7. The first-order valence-electron chi connectivity index (χ1n) is 5.77. The summed E-state index contributed by atoms with van der Waals surface area (Å²) in [6, 6.07) is 0. The van der Waals surface area contributed by atoms with Crippen molar-refractivity contribution < 1.29 is 0 Å². The van der Waals surface area contributed by atoms with E-state index in [1.807, 2.05) is 0 Å². The molecule has 13 heavy (non-hydrogen) atoms. The van der Waals surface area contributed by atoms with Gasteiger partial charge in [-0.25, -0.2) is 0 Å². The molecule has 0 spiro atoms. The maximum absolute atomic E-state index is 5.77. The Morgan fingerprint density at radius 3 is 2.31 bits per heavy atom. The van der Waals surface area contributed by atoms with Crippen LogP contribution >= 0.6 is 0 Å². The molecular weight excluding hydrogens is 158 g/mol. The molecular formula is C12H23N. The zero-order chi connectivity index (χ0) is 9.64. The molecule has 2 aliphatic rings. The SMILES string of the molecule is CC(CC1C(CN)C1(C)C)C1CC1. The monoisotopic (exact) mass is 181 g/mol. The Labute approximate surface area is 82.1 Å². The van der Waals surface area contributed by atoms with E-state index in [4.69, 9.17) is 5.73 Å². The molecule has 2 aliphatic carbocycles. The molecule has 0 aromatic rings. The minimum Gasteiger partial charge on any atom is -0.330 e. The molecule has 0 amide bonds. The van der Waals surface area contributed by atoms with Crippen LogP contribution in [0.15, 0.2) is 0 Å². The van der Waals surface area contributed by atoms with Crippen molar-refractivity contribution in [3.05, 3.63) is 0 Å². The molecule has 0 aromatic carbocycles. The fraction of sp³-hybridized carbons (Fsp3) is 1.00. The lowest BCUT2D eigenvalue weighted by Crippen LogP contribution is -2.06. The van der Waals surface area contributed by atoms with Gasteiger partial charge in [-0.3, -0.25) is 0 Å². The topological polar surface area (TPSA) is 26.0 Å². The summed E-state index contributed by atoms with van der Waals surface area (Å²) in [5.41, 5.74) is 6.32. The number of nitrogens with two attached hydrogens (primary N) is 1. The van der Waals surface area contributed by atoms with Crippen molar-refractivity contribution in [3.8, 4) is 0 Å². The summed E-state index contributed by atoms with van der Waals surface area (Å²) < 4.78 is 0. The van der Waals surface area contributed by atoms with Crippen LogP contribution in [0.25, 0.3) is 0 Å². The standard InChI is InChI=1S/C12H23N/c1-8(9-4-5-9)6-10-11(7-13)12(10,2)3/h8-11H,4-7,13H2,1-3H3. The van der Waals surface area contributed by atoms with Crippen molar-refractivity contribution in [1.82, 2.24) is 0 Å². The molecule has 0 saturated heterocycles. The lowest BCUT2D eigenvalue weighted by atomic mass is 9.96. The van der Waals surface area contributed by atoms with Crippen LogP contribution in [0.2, 0.25) is 0 Å². The maximum atomic E-state index is 5.77. The summed E-state index contributed by atoms with van der Waals surface area (Å²) in [6.45, 7) is 8.10. The van der Waals surface area contributed by atoms with Gasteiger partial charge in [-0.2, -0.15) is 0 Å². The van der Waals surface area contributed by atoms with E-state index in [2.05, 4.69) is 20.8 Å². The third-order valence-corrected chi connectivity index (χ3v) is 4.59. The third-order valence-electron chi connectivity index (χ3n) is 4.59. The molecule has 1 heteroatoms. The van der Waals surface area contributed by atoms with Gasteiger partial charge >= 0.3 is 0 Å². The minimum atomic E-state index is 0.553. The van der Waals surface area contributed by atoms with Crippen molar-refractivity contribution in [3.63, 3.8) is 0 Å². The molecule has 0 aliphatic heterocycles. The zero-order valence-corrected chi connectivity index (χ0v) is 9.22. The molecule has 76 valence electrons. The fourth-order valence-electron chi connectivity index (χ4n) is 3.05. The van der Waals surface area contributed by atoms with Crippen molar-refractivity contribution in [2.75, 3.05) is 6.54 Å². The van der Waals surface area contributed by atoms with E-state index in [1.54, 1.807) is 0 Å². The Kier molecular flexibility index (Phi) is 2.18. The fourth-order valence-corrected chi connectivity index (χ4v) is 3.05. The lowest BCUT2D eigenvalue weighted by molar-refractivity contribution is 0.401. The summed E-state index contributed by atoms with van der Waals surface area (Å²) in [5, 5.41) is 0. The van der Waals surface area contributed by atoms with Gasteiger partial charge in [-0.05, 0) is 54.9 Å². The first kappa shape index (κ1) is 9.51. The van der Waals surface area contributed by atoms with E-state index in [0.717, 1.165) is 30.2 Å². The van der Waals surface area contributed by atoms with Gasteiger partial charge < -0.3 is 5.73 Å². The Morgan fingerprint density at radius 2 is 1.92 bits per heavy atom. The van der Waals surface area contributed by atoms with E-state index in [-0.39, 0.29) is 0 Å². The maximum Gasteiger partial charge on any atom is -0.00408 e. The van der Waals surface area contributed by atoms with Crippen molar-refractivity contribution in [2.24, 2.45) is 34.8 Å². The minimum absolute atomic E-state index is 0.553. The highest BCUT2D eigenvalue weighted by Crippen LogP contribution is 2.61. The summed E-state index contributed by atoms with van der Waals surface area (Å²) >= 11 is 0. The Morgan fingerprint density at radius 1 is 1.31 bits per heavy atom. The van der Waals surface area contributed by atoms with Crippen LogP contribution in [0.3, 0.4) is 0 Å². The highest BCUT2D eigenvalue weighted by Gasteiger charge is 2.56. The van der Waals surface area contributed by atoms with Crippen molar-refractivity contribution in [1.29, 1.82) is 0 Å². The van der Waals surface area contributed by atoms with Crippen LogP contribution in [0.5, 0.6) is 0 Å². The second-order valence-electron chi connectivity index (χ2n) is 5.82. The van der Waals surface area contributed by atoms with E-state index in [9.17, 15) is 0 Å². The average Bonchev–Trinajstić information content (AvgIpc) is 2.90. The molecule has 3 atom stereocenters. The summed E-state index contributed by atoms with van der Waals surface area (Å²) in [7, 11) is 0. The van der Waals surface area contributed by atoms with Crippen LogP contribution in [0.1, 0.15) is 40.0 Å². The second-order valence-corrected chi connectivity index (χ2v) is 5.82. The predicted molar refractivity (Wildman–Crippen MR) is 56.3 cm³/mol. The number of rotatable bonds is 4. The van der Waals surface area contributed by atoms with Gasteiger partial charge in [0.2, 0.25) is 0 Å². The molecule has 0 bridgehead atoms. The molecule has 0 radical (unpaired) electrons. The summed E-state index contributed by atoms with van der Waals surface area (Å²) in [6.07, 6.45) is 4.41. The van der Waals surface area contributed by atoms with Crippen LogP contribution in [-0.2, 0) is 0 Å². The van der Waals surface area contributed by atoms with Crippen LogP contribution < -0.4 is 5.73 Å². The molecule has 2 rings (SSSR count). The lowest BCUT2D eigenvalue weighted by Gasteiger charge is -2.10. The van der Waals surface area contributed by atoms with Gasteiger partial charge in [0.1, 0.15) is 0 Å². The largest absolute Gasteiger partial charge is 0.330 e. The number of hydrogen-bond donors (Lipinski definition) is 1. The van der Waals surface area contributed by atoms with Gasteiger partial charge in [-0.15, -0.1) is 0 Å². The Balaban J connectivity index is 1.82. The first-order valence-corrected chi connectivity index (χ1v) is 5.77. The molecule has 3 unspecified atom stereocenters. The molecule has 0 aromatic heterocycles. The average molecular weight is 181 g/mol. The van der Waals surface area contributed by atoms with Crippen LogP contribution in [0.4, 0.5) is 0 Å². The highest BCUT2D eigenvalue weighted by molar-refractivity contribution is 5.06. The quantitative estimate of drug-likeness (QED) is 0.709. The molecule has 1 nitrogen and oxygen atoms in total. The van der Waals surface area contributed by atoms with E-state index < -0.39 is 0 Å². The molecule has 2 N–H and O–H groups in total. The Bertz CT molecular complexity index is 193. The van der Waals surface area contributed by atoms with Crippen LogP contribution in [0, 0.1) is 29.1 Å².